The molecule has 1 aromatic heterocycles. The first-order chi connectivity index (χ1) is 6.53. The Balaban J connectivity index is 3.21. The second-order valence-electron chi connectivity index (χ2n) is 2.79. The molecule has 14 heavy (non-hydrogen) atoms. The lowest BCUT2D eigenvalue weighted by Gasteiger charge is -1.96. The minimum absolute atomic E-state index is 0.248. The molecule has 0 aromatic carbocycles. The molecule has 1 aromatic rings. The van der Waals surface area contributed by atoms with Gasteiger partial charge in [0.05, 0.1) is 4.88 Å². The van der Waals surface area contributed by atoms with Crippen molar-refractivity contribution in [2.24, 2.45) is 9.36 Å². The molecule has 0 bridgehead atoms. The smallest absolute Gasteiger partial charge is 0.207 e. The van der Waals surface area contributed by atoms with Gasteiger partial charge in [-0.25, -0.2) is 4.21 Å². The first-order valence-corrected chi connectivity index (χ1v) is 6.92. The highest BCUT2D eigenvalue weighted by atomic mass is 32.2. The van der Waals surface area contributed by atoms with Gasteiger partial charge in [0.15, 0.2) is 5.84 Å². The van der Waals surface area contributed by atoms with Crippen molar-refractivity contribution in [3.05, 3.63) is 22.4 Å². The lowest BCUT2D eigenvalue weighted by molar-refractivity contribution is 0.685. The highest BCUT2D eigenvalue weighted by Crippen LogP contribution is 2.11. The SMILES string of the molecule is CS(C)(=O)=NC(=NC#N)c1cccs1. The van der Waals surface area contributed by atoms with E-state index in [1.807, 2.05) is 11.4 Å². The van der Waals surface area contributed by atoms with Crippen LogP contribution >= 0.6 is 11.3 Å². The third kappa shape index (κ3) is 3.28. The third-order valence-electron chi connectivity index (χ3n) is 1.20. The summed E-state index contributed by atoms with van der Waals surface area (Å²) in [6.07, 6.45) is 4.67. The Kier molecular flexibility index (Phi) is 3.38. The van der Waals surface area contributed by atoms with Crippen molar-refractivity contribution in [1.82, 2.24) is 0 Å². The van der Waals surface area contributed by atoms with Gasteiger partial charge in [-0.05, 0) is 11.4 Å². The molecule has 74 valence electrons. The highest BCUT2D eigenvalue weighted by Gasteiger charge is 2.04. The minimum atomic E-state index is -2.27. The first kappa shape index (κ1) is 10.9. The van der Waals surface area contributed by atoms with E-state index in [0.29, 0.717) is 0 Å². The van der Waals surface area contributed by atoms with Gasteiger partial charge in [0, 0.05) is 22.2 Å². The topological polar surface area (TPSA) is 65.6 Å². The summed E-state index contributed by atoms with van der Waals surface area (Å²) in [6, 6.07) is 3.62. The van der Waals surface area contributed by atoms with E-state index >= 15 is 0 Å². The van der Waals surface area contributed by atoms with Crippen LogP contribution in [0.3, 0.4) is 0 Å². The fraction of sp³-hybridized carbons (Fsp3) is 0.250. The molecule has 0 saturated carbocycles. The van der Waals surface area contributed by atoms with Crippen LogP contribution in [0.15, 0.2) is 26.9 Å². The summed E-state index contributed by atoms with van der Waals surface area (Å²) in [6.45, 7) is 0. The normalized spacial score (nSPS) is 12.2. The van der Waals surface area contributed by atoms with Crippen LogP contribution in [-0.2, 0) is 9.73 Å². The van der Waals surface area contributed by atoms with Crippen molar-refractivity contribution in [3.63, 3.8) is 0 Å². The molecule has 0 amide bonds. The van der Waals surface area contributed by atoms with Gasteiger partial charge in [-0.15, -0.1) is 11.3 Å². The molecular weight excluding hydrogens is 218 g/mol. The lowest BCUT2D eigenvalue weighted by Crippen LogP contribution is -2.00. The minimum Gasteiger partial charge on any atom is -0.250 e. The number of hydrogen-bond donors (Lipinski definition) is 0. The van der Waals surface area contributed by atoms with Gasteiger partial charge >= 0.3 is 0 Å². The van der Waals surface area contributed by atoms with Gasteiger partial charge in [-0.1, -0.05) is 6.07 Å². The van der Waals surface area contributed by atoms with Crippen molar-refractivity contribution in [3.8, 4) is 6.19 Å². The summed E-state index contributed by atoms with van der Waals surface area (Å²) in [5.41, 5.74) is 0. The van der Waals surface area contributed by atoms with E-state index in [0.717, 1.165) is 4.88 Å². The summed E-state index contributed by atoms with van der Waals surface area (Å²) >= 11 is 1.41. The number of nitriles is 1. The molecule has 0 saturated heterocycles. The van der Waals surface area contributed by atoms with Gasteiger partial charge in [-0.3, -0.25) is 0 Å². The van der Waals surface area contributed by atoms with Crippen molar-refractivity contribution in [1.29, 1.82) is 5.26 Å². The molecule has 0 radical (unpaired) electrons. The first-order valence-electron chi connectivity index (χ1n) is 3.71. The number of aliphatic imine (C=N–C) groups is 1. The third-order valence-corrected chi connectivity index (χ3v) is 2.68. The molecule has 0 aliphatic heterocycles. The number of rotatable bonds is 1. The maximum absolute atomic E-state index is 11.4. The molecule has 0 spiro atoms. The molecule has 0 fully saturated rings. The molecule has 0 atom stereocenters. The Morgan fingerprint density at radius 1 is 1.64 bits per heavy atom. The van der Waals surface area contributed by atoms with Crippen molar-refractivity contribution in [2.75, 3.05) is 12.5 Å². The largest absolute Gasteiger partial charge is 0.250 e. The zero-order chi connectivity index (χ0) is 10.6. The number of hydrogen-bond acceptors (Lipinski definition) is 4. The Bertz CT molecular complexity index is 479. The molecular formula is C8H9N3OS2. The quantitative estimate of drug-likeness (QED) is 0.416. The van der Waals surface area contributed by atoms with E-state index < -0.39 is 9.73 Å². The summed E-state index contributed by atoms with van der Waals surface area (Å²) in [5, 5.41) is 10.3. The fourth-order valence-corrected chi connectivity index (χ4v) is 2.05. The Hall–Kier alpha value is -1.19. The van der Waals surface area contributed by atoms with E-state index in [-0.39, 0.29) is 5.84 Å². The number of amidine groups is 1. The lowest BCUT2D eigenvalue weighted by atomic mass is 10.4. The average molecular weight is 227 g/mol. The summed E-state index contributed by atoms with van der Waals surface area (Å²) in [5.74, 6) is 0.248. The number of nitrogens with zero attached hydrogens (tertiary/aromatic N) is 3. The van der Waals surface area contributed by atoms with Crippen LogP contribution in [0, 0.1) is 11.5 Å². The van der Waals surface area contributed by atoms with Crippen LogP contribution in [-0.4, -0.2) is 22.6 Å². The van der Waals surface area contributed by atoms with Gasteiger partial charge in [0.1, 0.15) is 0 Å². The molecule has 0 aliphatic rings. The number of thiophene rings is 1. The molecule has 1 heterocycles. The Morgan fingerprint density at radius 2 is 2.36 bits per heavy atom. The Labute approximate surface area is 87.1 Å². The summed E-state index contributed by atoms with van der Waals surface area (Å²) in [4.78, 5) is 4.29. The van der Waals surface area contributed by atoms with Crippen LogP contribution in [0.4, 0.5) is 0 Å². The van der Waals surface area contributed by atoms with E-state index in [4.69, 9.17) is 5.26 Å². The summed E-state index contributed by atoms with van der Waals surface area (Å²) < 4.78 is 15.3. The van der Waals surface area contributed by atoms with Crippen molar-refractivity contribution < 1.29 is 4.21 Å². The van der Waals surface area contributed by atoms with E-state index in [9.17, 15) is 4.21 Å². The van der Waals surface area contributed by atoms with Crippen LogP contribution < -0.4 is 0 Å². The van der Waals surface area contributed by atoms with E-state index in [2.05, 4.69) is 9.36 Å². The maximum atomic E-state index is 11.4. The van der Waals surface area contributed by atoms with E-state index in [1.54, 1.807) is 12.3 Å². The van der Waals surface area contributed by atoms with Crippen LogP contribution in [0.1, 0.15) is 4.88 Å². The highest BCUT2D eigenvalue weighted by molar-refractivity contribution is 7.92. The molecule has 0 N–H and O–H groups in total. The van der Waals surface area contributed by atoms with Crippen LogP contribution in [0.5, 0.6) is 0 Å². The monoisotopic (exact) mass is 227 g/mol. The zero-order valence-electron chi connectivity index (χ0n) is 7.80. The van der Waals surface area contributed by atoms with Gasteiger partial charge in [0.25, 0.3) is 0 Å². The van der Waals surface area contributed by atoms with Crippen molar-refractivity contribution >= 4 is 26.9 Å². The molecule has 0 aliphatic carbocycles. The Morgan fingerprint density at radius 3 is 2.79 bits per heavy atom. The van der Waals surface area contributed by atoms with E-state index in [1.165, 1.54) is 23.8 Å². The maximum Gasteiger partial charge on any atom is 0.207 e. The molecule has 6 heteroatoms. The van der Waals surface area contributed by atoms with Gasteiger partial charge in [0.2, 0.25) is 6.19 Å². The van der Waals surface area contributed by atoms with Crippen molar-refractivity contribution in [2.45, 2.75) is 0 Å². The second kappa shape index (κ2) is 4.35. The average Bonchev–Trinajstić information content (AvgIpc) is 2.52. The van der Waals surface area contributed by atoms with Gasteiger partial charge < -0.3 is 0 Å². The second-order valence-corrected chi connectivity index (χ2v) is 6.28. The predicted molar refractivity (Wildman–Crippen MR) is 58.9 cm³/mol. The standard InChI is InChI=1S/C8H9N3OS2/c1-14(2,12)11-8(10-6-9)7-4-3-5-13-7/h3-5H,1-2H3. The van der Waals surface area contributed by atoms with Crippen LogP contribution in [0.2, 0.25) is 0 Å². The molecule has 0 unspecified atom stereocenters. The summed E-state index contributed by atoms with van der Waals surface area (Å²) in [7, 11) is -2.27. The van der Waals surface area contributed by atoms with Gasteiger partial charge in [-0.2, -0.15) is 14.6 Å². The fourth-order valence-electron chi connectivity index (χ4n) is 0.782. The predicted octanol–water partition coefficient (Wildman–Crippen LogP) is 1.70. The molecule has 1 rings (SSSR count). The molecule has 4 nitrogen and oxygen atoms in total. The zero-order valence-corrected chi connectivity index (χ0v) is 9.43. The van der Waals surface area contributed by atoms with Crippen LogP contribution in [0.25, 0.3) is 0 Å².